The van der Waals surface area contributed by atoms with Crippen molar-refractivity contribution >= 4 is 11.7 Å². The first kappa shape index (κ1) is 19.7. The van der Waals surface area contributed by atoms with Crippen LogP contribution in [-0.4, -0.2) is 66.6 Å². The van der Waals surface area contributed by atoms with Gasteiger partial charge < -0.3 is 14.5 Å². The van der Waals surface area contributed by atoms with E-state index in [1.54, 1.807) is 7.11 Å². The van der Waals surface area contributed by atoms with Crippen molar-refractivity contribution in [2.45, 2.75) is 31.8 Å². The molecule has 0 atom stereocenters. The van der Waals surface area contributed by atoms with Gasteiger partial charge in [0.15, 0.2) is 0 Å². The Morgan fingerprint density at radius 2 is 1.86 bits per heavy atom. The first-order valence-electron chi connectivity index (χ1n) is 10.5. The summed E-state index contributed by atoms with van der Waals surface area (Å²) in [6.45, 7) is 4.97. The van der Waals surface area contributed by atoms with Crippen molar-refractivity contribution in [1.29, 1.82) is 0 Å². The summed E-state index contributed by atoms with van der Waals surface area (Å²) in [5.74, 6) is 2.15. The Morgan fingerprint density at radius 3 is 2.48 bits per heavy atom. The Bertz CT molecular complexity index is 784. The predicted octanol–water partition coefficient (Wildman–Crippen LogP) is 2.79. The highest BCUT2D eigenvalue weighted by atomic mass is 16.5. The van der Waals surface area contributed by atoms with Crippen molar-refractivity contribution in [3.8, 4) is 5.75 Å². The number of benzene rings is 1. The van der Waals surface area contributed by atoms with Gasteiger partial charge in [-0.15, -0.1) is 0 Å². The number of anilines is 1. The molecule has 154 valence electrons. The number of rotatable bonds is 8. The third kappa shape index (κ3) is 5.26. The maximum Gasteiger partial charge on any atom is 0.223 e. The zero-order valence-electron chi connectivity index (χ0n) is 17.2. The maximum atomic E-state index is 12.8. The molecule has 1 aromatic heterocycles. The monoisotopic (exact) mass is 394 g/mol. The van der Waals surface area contributed by atoms with Gasteiger partial charge in [0.1, 0.15) is 11.6 Å². The van der Waals surface area contributed by atoms with E-state index in [1.807, 2.05) is 41.4 Å². The highest BCUT2D eigenvalue weighted by Crippen LogP contribution is 2.29. The standard InChI is InChI=1S/C23H30N4O2/c1-29-21-9-5-19(6-10-21)18-27(20-7-8-20)13-11-23(28)26-16-14-25(15-17-26)22-4-2-3-12-24-22/h2-6,9-10,12,20H,7-8,11,13-18H2,1H3. The second-order valence-electron chi connectivity index (χ2n) is 7.86. The van der Waals surface area contributed by atoms with E-state index in [0.717, 1.165) is 50.8 Å². The molecule has 29 heavy (non-hydrogen) atoms. The average Bonchev–Trinajstić information content (AvgIpc) is 3.63. The van der Waals surface area contributed by atoms with Gasteiger partial charge in [-0.3, -0.25) is 9.69 Å². The second-order valence-corrected chi connectivity index (χ2v) is 7.86. The summed E-state index contributed by atoms with van der Waals surface area (Å²) in [5, 5.41) is 0. The van der Waals surface area contributed by atoms with Crippen molar-refractivity contribution in [3.05, 3.63) is 54.2 Å². The minimum atomic E-state index is 0.269. The van der Waals surface area contributed by atoms with Crippen LogP contribution < -0.4 is 9.64 Å². The lowest BCUT2D eigenvalue weighted by Crippen LogP contribution is -2.49. The van der Waals surface area contributed by atoms with Crippen molar-refractivity contribution in [2.75, 3.05) is 44.7 Å². The molecule has 2 fully saturated rings. The Kier molecular flexibility index (Phi) is 6.30. The fourth-order valence-electron chi connectivity index (χ4n) is 3.92. The zero-order valence-corrected chi connectivity index (χ0v) is 17.2. The van der Waals surface area contributed by atoms with Crippen LogP contribution in [0.1, 0.15) is 24.8 Å². The van der Waals surface area contributed by atoms with E-state index in [0.29, 0.717) is 12.5 Å². The van der Waals surface area contributed by atoms with Gasteiger partial charge in [-0.2, -0.15) is 0 Å². The number of carbonyl (C=O) groups excluding carboxylic acids is 1. The summed E-state index contributed by atoms with van der Waals surface area (Å²) < 4.78 is 5.24. The molecule has 0 radical (unpaired) electrons. The third-order valence-electron chi connectivity index (χ3n) is 5.83. The van der Waals surface area contributed by atoms with Gasteiger partial charge in [0, 0.05) is 57.9 Å². The number of hydrogen-bond acceptors (Lipinski definition) is 5. The van der Waals surface area contributed by atoms with Crippen LogP contribution in [-0.2, 0) is 11.3 Å². The van der Waals surface area contributed by atoms with E-state index in [4.69, 9.17) is 4.74 Å². The highest BCUT2D eigenvalue weighted by Gasteiger charge is 2.30. The summed E-state index contributed by atoms with van der Waals surface area (Å²) in [6.07, 6.45) is 4.90. The summed E-state index contributed by atoms with van der Waals surface area (Å²) in [6, 6.07) is 14.9. The van der Waals surface area contributed by atoms with Crippen LogP contribution in [0.4, 0.5) is 5.82 Å². The van der Waals surface area contributed by atoms with Gasteiger partial charge in [0.25, 0.3) is 0 Å². The molecule has 1 saturated carbocycles. The summed E-state index contributed by atoms with van der Waals surface area (Å²) in [4.78, 5) is 23.9. The van der Waals surface area contributed by atoms with Crippen LogP contribution in [0.5, 0.6) is 5.75 Å². The van der Waals surface area contributed by atoms with E-state index in [2.05, 4.69) is 26.9 Å². The second kappa shape index (κ2) is 9.27. The topological polar surface area (TPSA) is 48.9 Å². The lowest BCUT2D eigenvalue weighted by Gasteiger charge is -2.35. The van der Waals surface area contributed by atoms with Gasteiger partial charge in [-0.1, -0.05) is 18.2 Å². The van der Waals surface area contributed by atoms with Crippen LogP contribution in [0, 0.1) is 0 Å². The van der Waals surface area contributed by atoms with Gasteiger partial charge in [-0.05, 0) is 42.7 Å². The lowest BCUT2D eigenvalue weighted by molar-refractivity contribution is -0.131. The van der Waals surface area contributed by atoms with Crippen LogP contribution in [0.3, 0.4) is 0 Å². The number of aromatic nitrogens is 1. The van der Waals surface area contributed by atoms with Crippen LogP contribution in [0.15, 0.2) is 48.7 Å². The van der Waals surface area contributed by atoms with Gasteiger partial charge in [0.05, 0.1) is 7.11 Å². The molecule has 0 unspecified atom stereocenters. The fourth-order valence-corrected chi connectivity index (χ4v) is 3.92. The first-order valence-corrected chi connectivity index (χ1v) is 10.5. The van der Waals surface area contributed by atoms with E-state index in [1.165, 1.54) is 18.4 Å². The van der Waals surface area contributed by atoms with E-state index >= 15 is 0 Å². The number of pyridine rings is 1. The molecule has 1 saturated heterocycles. The van der Waals surface area contributed by atoms with Crippen LogP contribution in [0.2, 0.25) is 0 Å². The number of nitrogens with zero attached hydrogens (tertiary/aromatic N) is 4. The largest absolute Gasteiger partial charge is 0.497 e. The Hall–Kier alpha value is -2.60. The minimum absolute atomic E-state index is 0.269. The highest BCUT2D eigenvalue weighted by molar-refractivity contribution is 5.76. The molecule has 1 aromatic carbocycles. The summed E-state index contributed by atoms with van der Waals surface area (Å²) >= 11 is 0. The molecule has 0 N–H and O–H groups in total. The van der Waals surface area contributed by atoms with Crippen LogP contribution >= 0.6 is 0 Å². The van der Waals surface area contributed by atoms with Gasteiger partial charge in [0.2, 0.25) is 5.91 Å². The quantitative estimate of drug-likeness (QED) is 0.689. The SMILES string of the molecule is COc1ccc(CN(CCC(=O)N2CCN(c3ccccn3)CC2)C2CC2)cc1. The number of carbonyl (C=O) groups is 1. The number of piperazine rings is 1. The zero-order chi connectivity index (χ0) is 20.1. The molecule has 0 bridgehead atoms. The number of amides is 1. The van der Waals surface area contributed by atoms with Crippen molar-refractivity contribution in [1.82, 2.24) is 14.8 Å². The fraction of sp³-hybridized carbons (Fsp3) is 0.478. The molecule has 4 rings (SSSR count). The summed E-state index contributed by atoms with van der Waals surface area (Å²) in [5.41, 5.74) is 1.27. The molecule has 1 aliphatic carbocycles. The summed E-state index contributed by atoms with van der Waals surface area (Å²) in [7, 11) is 1.69. The van der Waals surface area contributed by atoms with E-state index in [-0.39, 0.29) is 5.91 Å². The molecule has 1 amide bonds. The molecule has 2 aromatic rings. The molecule has 0 spiro atoms. The predicted molar refractivity (Wildman–Crippen MR) is 114 cm³/mol. The molecule has 6 heteroatoms. The van der Waals surface area contributed by atoms with E-state index < -0.39 is 0 Å². The Balaban J connectivity index is 1.25. The van der Waals surface area contributed by atoms with E-state index in [9.17, 15) is 4.79 Å². The molecular weight excluding hydrogens is 364 g/mol. The maximum absolute atomic E-state index is 12.8. The molecule has 2 aliphatic rings. The smallest absolute Gasteiger partial charge is 0.223 e. The molecule has 6 nitrogen and oxygen atoms in total. The van der Waals surface area contributed by atoms with Gasteiger partial charge >= 0.3 is 0 Å². The van der Waals surface area contributed by atoms with Crippen LogP contribution in [0.25, 0.3) is 0 Å². The minimum Gasteiger partial charge on any atom is -0.497 e. The molecule has 2 heterocycles. The molecular formula is C23H30N4O2. The van der Waals surface area contributed by atoms with Crippen molar-refractivity contribution in [3.63, 3.8) is 0 Å². The Labute approximate surface area is 173 Å². The number of methoxy groups -OCH3 is 1. The number of ether oxygens (including phenoxy) is 1. The van der Waals surface area contributed by atoms with Crippen molar-refractivity contribution in [2.24, 2.45) is 0 Å². The Morgan fingerprint density at radius 1 is 1.10 bits per heavy atom. The van der Waals surface area contributed by atoms with Crippen molar-refractivity contribution < 1.29 is 9.53 Å². The molecule has 1 aliphatic heterocycles. The third-order valence-corrected chi connectivity index (χ3v) is 5.83. The first-order chi connectivity index (χ1) is 14.2. The normalized spacial score (nSPS) is 16.9. The van der Waals surface area contributed by atoms with Gasteiger partial charge in [-0.25, -0.2) is 4.98 Å². The lowest BCUT2D eigenvalue weighted by atomic mass is 10.2. The average molecular weight is 395 g/mol. The number of hydrogen-bond donors (Lipinski definition) is 0.